The summed E-state index contributed by atoms with van der Waals surface area (Å²) in [5, 5.41) is 11.7. The van der Waals surface area contributed by atoms with Gasteiger partial charge in [-0.3, -0.25) is 0 Å². The van der Waals surface area contributed by atoms with Gasteiger partial charge in [0.15, 0.2) is 0 Å². The van der Waals surface area contributed by atoms with E-state index in [1.54, 1.807) is 0 Å². The Balaban J connectivity index is 2.44. The van der Waals surface area contributed by atoms with Gasteiger partial charge in [-0.15, -0.1) is 0 Å². The summed E-state index contributed by atoms with van der Waals surface area (Å²) < 4.78 is 6.29. The van der Waals surface area contributed by atoms with E-state index in [0.29, 0.717) is 5.88 Å². The monoisotopic (exact) mass is 114 g/mol. The third kappa shape index (κ3) is 0.267. The predicted molar refractivity (Wildman–Crippen MR) is 26.9 cm³/mol. The Hall–Kier alpha value is -1.06. The molecule has 4 heteroatoms. The van der Waals surface area contributed by atoms with E-state index in [1.807, 2.05) is 0 Å². The minimum absolute atomic E-state index is 0.233. The van der Waals surface area contributed by atoms with Crippen molar-refractivity contribution in [2.45, 2.75) is 6.54 Å². The fourth-order valence-electron chi connectivity index (χ4n) is 0.802. The molecule has 0 radical (unpaired) electrons. The topological polar surface area (TPSA) is 50.3 Å². The van der Waals surface area contributed by atoms with Gasteiger partial charge >= 0.3 is 0 Å². The van der Waals surface area contributed by atoms with Crippen LogP contribution in [0, 0.1) is 0 Å². The van der Waals surface area contributed by atoms with Crippen molar-refractivity contribution in [1.82, 2.24) is 4.74 Å². The Kier molecular flexibility index (Phi) is 0.494. The smallest absolute Gasteiger partial charge is 0.286 e. The summed E-state index contributed by atoms with van der Waals surface area (Å²) in [4.78, 5) is 0. The average Bonchev–Trinajstić information content (AvgIpc) is 1.89. The van der Waals surface area contributed by atoms with Crippen LogP contribution >= 0.6 is 0 Å². The van der Waals surface area contributed by atoms with E-state index in [0.717, 1.165) is 13.1 Å². The lowest BCUT2D eigenvalue weighted by Crippen LogP contribution is -2.22. The number of rotatable bonds is 0. The van der Waals surface area contributed by atoms with E-state index in [2.05, 4.69) is 5.32 Å². The SMILES string of the molecule is Oc1c2on1CCN2. The fraction of sp³-hybridized carbons (Fsp3) is 0.500. The van der Waals surface area contributed by atoms with E-state index in [9.17, 15) is 0 Å². The summed E-state index contributed by atoms with van der Waals surface area (Å²) in [5.74, 6) is 0.743. The third-order valence-electron chi connectivity index (χ3n) is 1.24. The van der Waals surface area contributed by atoms with Crippen molar-refractivity contribution >= 4 is 5.88 Å². The molecule has 8 heavy (non-hydrogen) atoms. The van der Waals surface area contributed by atoms with Crippen LogP contribution in [0.2, 0.25) is 0 Å². The van der Waals surface area contributed by atoms with Gasteiger partial charge in [0.1, 0.15) is 0 Å². The van der Waals surface area contributed by atoms with Crippen molar-refractivity contribution in [2.24, 2.45) is 0 Å². The van der Waals surface area contributed by atoms with E-state index in [1.165, 1.54) is 4.74 Å². The summed E-state index contributed by atoms with van der Waals surface area (Å²) in [6, 6.07) is 0. The van der Waals surface area contributed by atoms with E-state index in [-0.39, 0.29) is 5.88 Å². The Labute approximate surface area is 45.7 Å². The molecule has 2 aliphatic rings. The highest BCUT2D eigenvalue weighted by Crippen LogP contribution is 2.30. The lowest BCUT2D eigenvalue weighted by atomic mass is 10.5. The highest BCUT2D eigenvalue weighted by atomic mass is 16.5. The molecule has 0 saturated carbocycles. The Morgan fingerprint density at radius 3 is 2.88 bits per heavy atom. The lowest BCUT2D eigenvalue weighted by Gasteiger charge is -2.21. The molecule has 0 amide bonds. The third-order valence-corrected chi connectivity index (χ3v) is 1.24. The quantitative estimate of drug-likeness (QED) is 0.507. The standard InChI is InChI=1S/C4H6N2O2/c7-4-3-5-1-2-6(4)8-3/h5,7H,1-2H2. The minimum Gasteiger partial charge on any atom is -0.489 e. The average molecular weight is 114 g/mol. The van der Waals surface area contributed by atoms with Gasteiger partial charge in [-0.2, -0.15) is 4.74 Å². The summed E-state index contributed by atoms with van der Waals surface area (Å²) in [7, 11) is 0. The molecule has 0 spiro atoms. The molecule has 2 aliphatic heterocycles. The molecule has 0 aromatic carbocycles. The Morgan fingerprint density at radius 1 is 1.75 bits per heavy atom. The molecule has 2 bridgehead atoms. The molecule has 44 valence electrons. The van der Waals surface area contributed by atoms with Gasteiger partial charge in [0.05, 0.1) is 6.54 Å². The van der Waals surface area contributed by atoms with Crippen LogP contribution in [0.5, 0.6) is 5.88 Å². The first-order chi connectivity index (χ1) is 3.88. The van der Waals surface area contributed by atoms with Crippen molar-refractivity contribution in [3.8, 4) is 5.88 Å². The van der Waals surface area contributed by atoms with Gasteiger partial charge in [-0.25, -0.2) is 0 Å². The van der Waals surface area contributed by atoms with Crippen molar-refractivity contribution < 1.29 is 9.63 Å². The van der Waals surface area contributed by atoms with E-state index in [4.69, 9.17) is 9.63 Å². The van der Waals surface area contributed by atoms with Crippen LogP contribution in [0.15, 0.2) is 4.52 Å². The van der Waals surface area contributed by atoms with Gasteiger partial charge in [0, 0.05) is 6.54 Å². The van der Waals surface area contributed by atoms with Gasteiger partial charge in [-0.1, -0.05) is 0 Å². The number of nitrogens with zero attached hydrogens (tertiary/aromatic N) is 1. The molecule has 1 aromatic heterocycles. The minimum atomic E-state index is 0.233. The number of hydrogen-bond donors (Lipinski definition) is 2. The second-order valence-corrected chi connectivity index (χ2v) is 1.77. The number of nitrogens with one attached hydrogen (secondary N) is 1. The van der Waals surface area contributed by atoms with Crippen LogP contribution in [0.25, 0.3) is 0 Å². The zero-order valence-corrected chi connectivity index (χ0v) is 4.22. The molecule has 0 unspecified atom stereocenters. The largest absolute Gasteiger partial charge is 0.489 e. The van der Waals surface area contributed by atoms with Gasteiger partial charge in [0.25, 0.3) is 11.8 Å². The van der Waals surface area contributed by atoms with Gasteiger partial charge in [-0.05, 0) is 0 Å². The molecule has 0 atom stereocenters. The van der Waals surface area contributed by atoms with Crippen LogP contribution in [0.1, 0.15) is 0 Å². The summed E-state index contributed by atoms with van der Waals surface area (Å²) in [6.45, 7) is 1.59. The number of fused-ring (bicyclic) bond motifs is 2. The van der Waals surface area contributed by atoms with Crippen molar-refractivity contribution in [2.75, 3.05) is 11.9 Å². The van der Waals surface area contributed by atoms with Crippen LogP contribution in [-0.4, -0.2) is 16.4 Å². The molecule has 0 aliphatic carbocycles. The van der Waals surface area contributed by atoms with Gasteiger partial charge < -0.3 is 14.9 Å². The summed E-state index contributed by atoms with van der Waals surface area (Å²) in [5.41, 5.74) is 0. The summed E-state index contributed by atoms with van der Waals surface area (Å²) in [6.07, 6.45) is 0. The molecule has 2 N–H and O–H groups in total. The second-order valence-electron chi connectivity index (χ2n) is 1.77. The highest BCUT2D eigenvalue weighted by Gasteiger charge is 2.20. The highest BCUT2D eigenvalue weighted by molar-refractivity contribution is 5.44. The number of anilines is 1. The van der Waals surface area contributed by atoms with E-state index < -0.39 is 0 Å². The molecule has 3 rings (SSSR count). The first kappa shape index (κ1) is 3.88. The molecule has 1 aromatic rings. The number of hydrogen-bond acceptors (Lipinski definition) is 3. The normalized spacial score (nSPS) is 16.0. The molecule has 4 nitrogen and oxygen atoms in total. The second kappa shape index (κ2) is 1.02. The maximum atomic E-state index is 8.85. The van der Waals surface area contributed by atoms with Crippen molar-refractivity contribution in [1.29, 1.82) is 0 Å². The van der Waals surface area contributed by atoms with Crippen LogP contribution in [-0.2, 0) is 6.54 Å². The van der Waals surface area contributed by atoms with E-state index >= 15 is 0 Å². The fourth-order valence-corrected chi connectivity index (χ4v) is 0.802. The van der Waals surface area contributed by atoms with Crippen LogP contribution < -0.4 is 5.32 Å². The van der Waals surface area contributed by atoms with Crippen molar-refractivity contribution in [3.05, 3.63) is 0 Å². The predicted octanol–water partition coefficient (Wildman–Crippen LogP) is 0.212. The first-order valence-corrected chi connectivity index (χ1v) is 2.50. The zero-order valence-electron chi connectivity index (χ0n) is 4.22. The number of aromatic nitrogens is 1. The molecular weight excluding hydrogens is 108 g/mol. The van der Waals surface area contributed by atoms with Gasteiger partial charge in [0.2, 0.25) is 0 Å². The maximum Gasteiger partial charge on any atom is 0.286 e. The Morgan fingerprint density at radius 2 is 2.62 bits per heavy atom. The van der Waals surface area contributed by atoms with Crippen LogP contribution in [0.3, 0.4) is 0 Å². The zero-order chi connectivity index (χ0) is 5.56. The first-order valence-electron chi connectivity index (χ1n) is 2.50. The lowest BCUT2D eigenvalue weighted by molar-refractivity contribution is 0.155. The molecular formula is C4H6N2O2. The maximum absolute atomic E-state index is 8.85. The van der Waals surface area contributed by atoms with Crippen LogP contribution in [0.4, 0.5) is 5.88 Å². The molecule has 0 saturated heterocycles. The molecule has 3 heterocycles. The number of aromatic hydroxyl groups is 1. The Bertz CT molecular complexity index is 183. The summed E-state index contributed by atoms with van der Waals surface area (Å²) >= 11 is 0. The van der Waals surface area contributed by atoms with Crippen molar-refractivity contribution in [3.63, 3.8) is 0 Å². The molecule has 0 fully saturated rings.